The summed E-state index contributed by atoms with van der Waals surface area (Å²) < 4.78 is -0.239. The maximum absolute atomic E-state index is 12.2. The Labute approximate surface area is 136 Å². The molecule has 0 N–H and O–H groups in total. The Balaban J connectivity index is 1.94. The number of rotatable bonds is 4. The summed E-state index contributed by atoms with van der Waals surface area (Å²) in [5, 5.41) is 0.111. The molecule has 1 atom stereocenters. The van der Waals surface area contributed by atoms with Crippen molar-refractivity contribution < 1.29 is 4.79 Å². The minimum absolute atomic E-state index is 0.111. The van der Waals surface area contributed by atoms with E-state index in [2.05, 4.69) is 35.0 Å². The van der Waals surface area contributed by atoms with Gasteiger partial charge in [-0.3, -0.25) is 4.79 Å². The quantitative estimate of drug-likeness (QED) is 0.529. The van der Waals surface area contributed by atoms with Gasteiger partial charge in [0.2, 0.25) is 5.12 Å². The molecule has 0 bridgehead atoms. The molecule has 1 unspecified atom stereocenters. The maximum Gasteiger partial charge on any atom is 0.217 e. The van der Waals surface area contributed by atoms with E-state index in [1.165, 1.54) is 34.7 Å². The number of carbonyl (C=O) groups is 1. The number of thioether (sulfide) groups is 2. The number of benzene rings is 2. The van der Waals surface area contributed by atoms with Gasteiger partial charge in [0.15, 0.2) is 0 Å². The van der Waals surface area contributed by atoms with E-state index in [-0.39, 0.29) is 9.27 Å². The van der Waals surface area contributed by atoms with E-state index in [1.807, 2.05) is 43.3 Å². The van der Waals surface area contributed by atoms with Gasteiger partial charge in [0.1, 0.15) is 4.16 Å². The van der Waals surface area contributed by atoms with E-state index in [9.17, 15) is 4.79 Å². The smallest absolute Gasteiger partial charge is 0.217 e. The summed E-state index contributed by atoms with van der Waals surface area (Å²) in [5.74, 6) is 0. The molecule has 2 aromatic carbocycles. The van der Waals surface area contributed by atoms with Crippen LogP contribution in [0, 0.1) is 13.8 Å². The lowest BCUT2D eigenvalue weighted by Gasteiger charge is -2.08. The van der Waals surface area contributed by atoms with Gasteiger partial charge in [-0.25, -0.2) is 0 Å². The highest BCUT2D eigenvalue weighted by molar-refractivity contribution is 9.11. The molecule has 0 radical (unpaired) electrons. The van der Waals surface area contributed by atoms with Crippen molar-refractivity contribution in [3.05, 3.63) is 59.7 Å². The lowest BCUT2D eigenvalue weighted by molar-refractivity contribution is -0.109. The molecule has 0 fully saturated rings. The summed E-state index contributed by atoms with van der Waals surface area (Å²) in [7, 11) is 0. The number of halogens is 1. The molecule has 0 amide bonds. The molecule has 2 aromatic rings. The average Bonchev–Trinajstić information content (AvgIpc) is 2.44. The zero-order valence-corrected chi connectivity index (χ0v) is 14.5. The molecule has 20 heavy (non-hydrogen) atoms. The lowest BCUT2D eigenvalue weighted by Crippen LogP contribution is -2.04. The van der Waals surface area contributed by atoms with Gasteiger partial charge in [-0.15, -0.1) is 11.8 Å². The van der Waals surface area contributed by atoms with Crippen LogP contribution in [0.5, 0.6) is 0 Å². The fourth-order valence-corrected chi connectivity index (χ4v) is 4.00. The number of alkyl halides is 1. The van der Waals surface area contributed by atoms with Crippen LogP contribution in [0.4, 0.5) is 0 Å². The molecule has 0 aliphatic rings. The molecule has 0 spiro atoms. The molecule has 0 saturated heterocycles. The van der Waals surface area contributed by atoms with Gasteiger partial charge in [-0.05, 0) is 49.9 Å². The van der Waals surface area contributed by atoms with Gasteiger partial charge >= 0.3 is 0 Å². The highest BCUT2D eigenvalue weighted by atomic mass is 79.9. The third kappa shape index (κ3) is 4.69. The van der Waals surface area contributed by atoms with Crippen LogP contribution in [0.25, 0.3) is 0 Å². The summed E-state index contributed by atoms with van der Waals surface area (Å²) in [6.45, 7) is 4.09. The van der Waals surface area contributed by atoms with Crippen LogP contribution >= 0.6 is 39.5 Å². The van der Waals surface area contributed by atoms with Gasteiger partial charge in [-0.2, -0.15) is 0 Å². The molecular weight excluding hydrogens is 352 g/mol. The SMILES string of the molecule is Cc1ccc(SC(=O)C(Br)Sc2ccc(C)cc2)cc1. The van der Waals surface area contributed by atoms with Gasteiger partial charge in [0.25, 0.3) is 0 Å². The van der Waals surface area contributed by atoms with Gasteiger partial charge < -0.3 is 0 Å². The zero-order valence-electron chi connectivity index (χ0n) is 11.3. The molecule has 0 heterocycles. The van der Waals surface area contributed by atoms with Crippen LogP contribution in [0.15, 0.2) is 58.3 Å². The van der Waals surface area contributed by atoms with Crippen LogP contribution < -0.4 is 0 Å². The summed E-state index contributed by atoms with van der Waals surface area (Å²) in [6, 6.07) is 16.2. The predicted octanol–water partition coefficient (Wildman–Crippen LogP) is 5.44. The van der Waals surface area contributed by atoms with E-state index in [0.29, 0.717) is 0 Å². The first kappa shape index (κ1) is 15.7. The van der Waals surface area contributed by atoms with Crippen molar-refractivity contribution in [3.63, 3.8) is 0 Å². The molecule has 0 aliphatic heterocycles. The van der Waals surface area contributed by atoms with Crippen molar-refractivity contribution in [2.24, 2.45) is 0 Å². The van der Waals surface area contributed by atoms with Crippen LogP contribution in [-0.2, 0) is 4.79 Å². The van der Waals surface area contributed by atoms with Crippen LogP contribution in [-0.4, -0.2) is 9.27 Å². The summed E-state index contributed by atoms with van der Waals surface area (Å²) in [5.41, 5.74) is 2.42. The van der Waals surface area contributed by atoms with Crippen LogP contribution in [0.1, 0.15) is 11.1 Å². The Bertz CT molecular complexity index is 578. The lowest BCUT2D eigenvalue weighted by atomic mass is 10.2. The standard InChI is InChI=1S/C16H15BrOS2/c1-11-3-7-13(8-4-11)19-15(17)16(18)20-14-9-5-12(2)6-10-14/h3-10,15H,1-2H3. The first-order valence-electron chi connectivity index (χ1n) is 6.20. The van der Waals surface area contributed by atoms with Crippen molar-refractivity contribution in [1.29, 1.82) is 0 Å². The molecule has 1 nitrogen and oxygen atoms in total. The Morgan fingerprint density at radius 1 is 0.900 bits per heavy atom. The van der Waals surface area contributed by atoms with Gasteiger partial charge in [0.05, 0.1) is 0 Å². The largest absolute Gasteiger partial charge is 0.285 e. The van der Waals surface area contributed by atoms with Crippen molar-refractivity contribution >= 4 is 44.6 Å². The Morgan fingerprint density at radius 2 is 1.35 bits per heavy atom. The molecular formula is C16H15BrOS2. The number of aryl methyl sites for hydroxylation is 2. The second-order valence-corrected chi connectivity index (χ2v) is 8.26. The highest BCUT2D eigenvalue weighted by Crippen LogP contribution is 2.33. The van der Waals surface area contributed by atoms with Crippen LogP contribution in [0.3, 0.4) is 0 Å². The Morgan fingerprint density at radius 3 is 1.85 bits per heavy atom. The maximum atomic E-state index is 12.2. The minimum atomic E-state index is -0.239. The predicted molar refractivity (Wildman–Crippen MR) is 91.8 cm³/mol. The minimum Gasteiger partial charge on any atom is -0.285 e. The molecule has 2 rings (SSSR count). The summed E-state index contributed by atoms with van der Waals surface area (Å²) in [6.07, 6.45) is 0. The molecule has 0 aliphatic carbocycles. The number of hydrogen-bond acceptors (Lipinski definition) is 3. The average molecular weight is 367 g/mol. The summed E-state index contributed by atoms with van der Waals surface area (Å²) >= 11 is 6.27. The van der Waals surface area contributed by atoms with E-state index >= 15 is 0 Å². The molecule has 104 valence electrons. The second-order valence-electron chi connectivity index (χ2n) is 4.48. The normalized spacial score (nSPS) is 12.2. The first-order chi connectivity index (χ1) is 9.54. The van der Waals surface area contributed by atoms with E-state index in [1.54, 1.807) is 0 Å². The van der Waals surface area contributed by atoms with E-state index in [4.69, 9.17) is 0 Å². The first-order valence-corrected chi connectivity index (χ1v) is 8.81. The molecule has 4 heteroatoms. The fraction of sp³-hybridized carbons (Fsp3) is 0.188. The zero-order chi connectivity index (χ0) is 14.5. The number of carbonyl (C=O) groups excluding carboxylic acids is 1. The molecule has 0 saturated carbocycles. The Kier molecular flexibility index (Phi) is 5.75. The van der Waals surface area contributed by atoms with Gasteiger partial charge in [0, 0.05) is 9.79 Å². The van der Waals surface area contributed by atoms with Crippen molar-refractivity contribution in [1.82, 2.24) is 0 Å². The highest BCUT2D eigenvalue weighted by Gasteiger charge is 2.17. The Hall–Kier alpha value is -0.710. The van der Waals surface area contributed by atoms with E-state index in [0.717, 1.165) is 9.79 Å². The van der Waals surface area contributed by atoms with Gasteiger partial charge in [-0.1, -0.05) is 51.3 Å². The van der Waals surface area contributed by atoms with Crippen LogP contribution in [0.2, 0.25) is 0 Å². The van der Waals surface area contributed by atoms with Crippen molar-refractivity contribution in [2.75, 3.05) is 0 Å². The summed E-state index contributed by atoms with van der Waals surface area (Å²) in [4.78, 5) is 14.2. The van der Waals surface area contributed by atoms with E-state index < -0.39 is 0 Å². The second kappa shape index (κ2) is 7.34. The monoisotopic (exact) mass is 366 g/mol. The van der Waals surface area contributed by atoms with Crippen molar-refractivity contribution in [3.8, 4) is 0 Å². The third-order valence-electron chi connectivity index (χ3n) is 2.69. The van der Waals surface area contributed by atoms with Crippen molar-refractivity contribution in [2.45, 2.75) is 27.8 Å². The third-order valence-corrected chi connectivity index (χ3v) is 6.02. The molecule has 0 aromatic heterocycles. The number of hydrogen-bond donors (Lipinski definition) is 0. The fourth-order valence-electron chi connectivity index (χ4n) is 1.55. The topological polar surface area (TPSA) is 17.1 Å².